The molecular weight excluding hydrogens is 198 g/mol. The fraction of sp³-hybridized carbons (Fsp3) is 0.556. The summed E-state index contributed by atoms with van der Waals surface area (Å²) in [4.78, 5) is 15.4. The van der Waals surface area contributed by atoms with Crippen LogP contribution < -0.4 is 16.0 Å². The van der Waals surface area contributed by atoms with Gasteiger partial charge < -0.3 is 5.32 Å². The highest BCUT2D eigenvalue weighted by molar-refractivity contribution is 7.16. The number of nitrogens with two attached hydrogens (primary N) is 1. The van der Waals surface area contributed by atoms with Crippen LogP contribution in [0.25, 0.3) is 0 Å². The molecule has 0 fully saturated rings. The highest BCUT2D eigenvalue weighted by Crippen LogP contribution is 2.27. The molecule has 1 aliphatic rings. The van der Waals surface area contributed by atoms with Crippen LogP contribution >= 0.6 is 11.3 Å². The summed E-state index contributed by atoms with van der Waals surface area (Å²) >= 11 is 1.32. The topological polar surface area (TPSA) is 69.3 Å². The molecule has 0 radical (unpaired) electrons. The van der Waals surface area contributed by atoms with Gasteiger partial charge in [-0.05, 0) is 16.8 Å². The Balaban J connectivity index is 2.45. The minimum Gasteiger partial charge on any atom is -0.351 e. The van der Waals surface area contributed by atoms with Gasteiger partial charge >= 0.3 is 5.13 Å². The van der Waals surface area contributed by atoms with E-state index in [4.69, 9.17) is 5.73 Å². The van der Waals surface area contributed by atoms with Gasteiger partial charge in [-0.15, -0.1) is 0 Å². The lowest BCUT2D eigenvalue weighted by molar-refractivity contribution is -0.368. The van der Waals surface area contributed by atoms with Crippen LogP contribution in [0.1, 0.15) is 29.2 Å². The first-order valence-electron chi connectivity index (χ1n) is 4.57. The number of aromatic amines is 1. The Morgan fingerprint density at radius 1 is 1.57 bits per heavy atom. The monoisotopic (exact) mass is 212 g/mol. The van der Waals surface area contributed by atoms with Crippen molar-refractivity contribution in [3.05, 3.63) is 10.6 Å². The maximum atomic E-state index is 11.6. The number of H-pyrrole nitrogens is 1. The van der Waals surface area contributed by atoms with Crippen LogP contribution in [0.4, 0.5) is 5.13 Å². The Morgan fingerprint density at radius 2 is 2.29 bits per heavy atom. The zero-order chi connectivity index (χ0) is 10.3. The summed E-state index contributed by atoms with van der Waals surface area (Å²) in [7, 11) is 0. The number of thiazole rings is 1. The third kappa shape index (κ3) is 1.59. The van der Waals surface area contributed by atoms with Gasteiger partial charge in [-0.25, -0.2) is 4.98 Å². The zero-order valence-corrected chi connectivity index (χ0v) is 9.12. The lowest BCUT2D eigenvalue weighted by Gasteiger charge is -2.20. The second kappa shape index (κ2) is 2.95. The highest BCUT2D eigenvalue weighted by atomic mass is 32.1. The minimum atomic E-state index is -0.0106. The molecule has 0 unspecified atom stereocenters. The van der Waals surface area contributed by atoms with Crippen molar-refractivity contribution in [2.45, 2.75) is 20.3 Å². The number of nitrogen functional groups attached to an aromatic ring is 1. The molecule has 0 atom stereocenters. The van der Waals surface area contributed by atoms with Crippen molar-refractivity contribution in [1.82, 2.24) is 5.32 Å². The lowest BCUT2D eigenvalue weighted by Crippen LogP contribution is -2.32. The van der Waals surface area contributed by atoms with E-state index in [0.29, 0.717) is 11.7 Å². The van der Waals surface area contributed by atoms with Crippen molar-refractivity contribution in [1.29, 1.82) is 0 Å². The number of hydrogen-bond acceptors (Lipinski definition) is 3. The normalized spacial score (nSPS) is 19.7. The third-order valence-electron chi connectivity index (χ3n) is 2.35. The van der Waals surface area contributed by atoms with E-state index in [1.807, 2.05) is 0 Å². The Hall–Kier alpha value is -1.10. The van der Waals surface area contributed by atoms with E-state index >= 15 is 0 Å². The molecule has 1 amide bonds. The molecule has 14 heavy (non-hydrogen) atoms. The van der Waals surface area contributed by atoms with Gasteiger partial charge in [0.25, 0.3) is 5.91 Å². The average Bonchev–Trinajstić information content (AvgIpc) is 2.37. The fourth-order valence-corrected chi connectivity index (χ4v) is 2.46. The van der Waals surface area contributed by atoms with Gasteiger partial charge in [0.1, 0.15) is 10.6 Å². The SMILES string of the molecule is CC1(C)CNC(=O)c2sc(N)[nH+]c2C1. The molecule has 1 aromatic rings. The number of rotatable bonds is 0. The Kier molecular flexibility index (Phi) is 1.99. The average molecular weight is 212 g/mol. The molecule has 5 heteroatoms. The van der Waals surface area contributed by atoms with Crippen LogP contribution in [0.15, 0.2) is 0 Å². The van der Waals surface area contributed by atoms with Crippen LogP contribution in [0, 0.1) is 5.41 Å². The van der Waals surface area contributed by atoms with E-state index in [-0.39, 0.29) is 11.3 Å². The molecule has 2 heterocycles. The van der Waals surface area contributed by atoms with E-state index in [0.717, 1.165) is 17.0 Å². The number of carbonyl (C=O) groups excluding carboxylic acids is 1. The van der Waals surface area contributed by atoms with Gasteiger partial charge in [-0.2, -0.15) is 0 Å². The predicted octanol–water partition coefficient (Wildman–Crippen LogP) is 0.456. The molecule has 4 N–H and O–H groups in total. The zero-order valence-electron chi connectivity index (χ0n) is 8.31. The van der Waals surface area contributed by atoms with Crippen LogP contribution in [-0.2, 0) is 6.42 Å². The van der Waals surface area contributed by atoms with Crippen LogP contribution in [-0.4, -0.2) is 12.5 Å². The van der Waals surface area contributed by atoms with Crippen molar-refractivity contribution in [2.24, 2.45) is 5.41 Å². The number of amides is 1. The van der Waals surface area contributed by atoms with Crippen LogP contribution in [0.5, 0.6) is 0 Å². The van der Waals surface area contributed by atoms with E-state index in [1.54, 1.807) is 0 Å². The molecular formula is C9H14N3OS+. The number of anilines is 1. The first-order valence-corrected chi connectivity index (χ1v) is 5.38. The van der Waals surface area contributed by atoms with Gasteiger partial charge in [0.05, 0.1) is 0 Å². The summed E-state index contributed by atoms with van der Waals surface area (Å²) < 4.78 is 0. The van der Waals surface area contributed by atoms with Crippen molar-refractivity contribution in [3.63, 3.8) is 0 Å². The molecule has 2 rings (SSSR count). The second-order valence-corrected chi connectivity index (χ2v) is 5.47. The van der Waals surface area contributed by atoms with E-state index in [9.17, 15) is 4.79 Å². The molecule has 0 bridgehead atoms. The smallest absolute Gasteiger partial charge is 0.330 e. The van der Waals surface area contributed by atoms with Gasteiger partial charge in [0.15, 0.2) is 0 Å². The molecule has 0 aromatic carbocycles. The molecule has 1 aromatic heterocycles. The summed E-state index contributed by atoms with van der Waals surface area (Å²) in [6.07, 6.45) is 0.856. The van der Waals surface area contributed by atoms with E-state index < -0.39 is 0 Å². The molecule has 0 aliphatic carbocycles. The maximum absolute atomic E-state index is 11.6. The lowest BCUT2D eigenvalue weighted by atomic mass is 9.88. The number of fused-ring (bicyclic) bond motifs is 1. The Labute approximate surface area is 86.5 Å². The molecule has 76 valence electrons. The number of carbonyl (C=O) groups is 1. The summed E-state index contributed by atoms with van der Waals surface area (Å²) in [6.45, 7) is 4.97. The molecule has 0 saturated heterocycles. The first kappa shape index (κ1) is 9.45. The minimum absolute atomic E-state index is 0.0106. The summed E-state index contributed by atoms with van der Waals surface area (Å²) in [5.41, 5.74) is 6.70. The number of hydrogen-bond donors (Lipinski definition) is 2. The number of aromatic nitrogens is 1. The molecule has 0 saturated carbocycles. The fourth-order valence-electron chi connectivity index (χ4n) is 1.65. The standard InChI is InChI=1S/C9H13N3OS/c1-9(2)3-5-6(7(13)11-4-9)14-8(10)12-5/h3-4H2,1-2H3,(H2,10,12)(H,11,13)/p+1. The summed E-state index contributed by atoms with van der Waals surface area (Å²) in [5.74, 6) is -0.0106. The van der Waals surface area contributed by atoms with Crippen molar-refractivity contribution >= 4 is 22.4 Å². The van der Waals surface area contributed by atoms with Gasteiger partial charge in [-0.3, -0.25) is 10.5 Å². The van der Waals surface area contributed by atoms with Crippen molar-refractivity contribution in [3.8, 4) is 0 Å². The Morgan fingerprint density at radius 3 is 3.00 bits per heavy atom. The molecule has 1 aliphatic heterocycles. The van der Waals surface area contributed by atoms with Gasteiger partial charge in [0, 0.05) is 13.0 Å². The second-order valence-electron chi connectivity index (χ2n) is 4.42. The van der Waals surface area contributed by atoms with E-state index in [1.165, 1.54) is 11.3 Å². The largest absolute Gasteiger partial charge is 0.351 e. The first-order chi connectivity index (χ1) is 6.48. The van der Waals surface area contributed by atoms with Gasteiger partial charge in [0.2, 0.25) is 0 Å². The summed E-state index contributed by atoms with van der Waals surface area (Å²) in [6, 6.07) is 0. The predicted molar refractivity (Wildman–Crippen MR) is 55.1 cm³/mol. The molecule has 4 nitrogen and oxygen atoms in total. The third-order valence-corrected chi connectivity index (χ3v) is 3.31. The number of nitrogens with one attached hydrogen (secondary N) is 2. The van der Waals surface area contributed by atoms with E-state index in [2.05, 4.69) is 24.1 Å². The van der Waals surface area contributed by atoms with Crippen molar-refractivity contribution < 1.29 is 9.78 Å². The molecule has 0 spiro atoms. The quantitative estimate of drug-likeness (QED) is 0.656. The maximum Gasteiger partial charge on any atom is 0.330 e. The van der Waals surface area contributed by atoms with Gasteiger partial charge in [-0.1, -0.05) is 13.8 Å². The van der Waals surface area contributed by atoms with Crippen LogP contribution in [0.2, 0.25) is 0 Å². The van der Waals surface area contributed by atoms with Crippen molar-refractivity contribution in [2.75, 3.05) is 12.3 Å². The highest BCUT2D eigenvalue weighted by Gasteiger charge is 2.31. The Bertz CT molecular complexity index is 383. The summed E-state index contributed by atoms with van der Waals surface area (Å²) in [5, 5.41) is 3.50. The van der Waals surface area contributed by atoms with Crippen LogP contribution in [0.3, 0.4) is 0 Å².